The molecule has 22 heavy (non-hydrogen) atoms. The third-order valence-electron chi connectivity index (χ3n) is 4.60. The summed E-state index contributed by atoms with van der Waals surface area (Å²) in [5.74, 6) is 0. The highest BCUT2D eigenvalue weighted by molar-refractivity contribution is 5.63. The zero-order valence-corrected chi connectivity index (χ0v) is 13.7. The van der Waals surface area contributed by atoms with Crippen LogP contribution in [0.1, 0.15) is 25.0 Å². The van der Waals surface area contributed by atoms with E-state index in [0.717, 1.165) is 26.3 Å². The lowest BCUT2D eigenvalue weighted by Gasteiger charge is -2.41. The van der Waals surface area contributed by atoms with Crippen molar-refractivity contribution in [2.75, 3.05) is 26.3 Å². The Labute approximate surface area is 132 Å². The Bertz CT molecular complexity index is 628. The summed E-state index contributed by atoms with van der Waals surface area (Å²) in [6.07, 6.45) is 3.81. The van der Waals surface area contributed by atoms with E-state index in [-0.39, 0.29) is 5.54 Å². The molecular weight excluding hydrogens is 272 g/mol. The van der Waals surface area contributed by atoms with E-state index < -0.39 is 0 Å². The number of hydrogen-bond donors (Lipinski definition) is 0. The molecular formula is C19H24N2O. The van der Waals surface area contributed by atoms with E-state index >= 15 is 0 Å². The Balaban J connectivity index is 1.84. The maximum atomic E-state index is 5.47. The normalized spacial score (nSPS) is 16.7. The Morgan fingerprint density at radius 2 is 1.68 bits per heavy atom. The van der Waals surface area contributed by atoms with Crippen molar-refractivity contribution in [3.8, 4) is 11.1 Å². The molecule has 1 aliphatic heterocycles. The van der Waals surface area contributed by atoms with Crippen LogP contribution in [0, 0.1) is 6.92 Å². The number of hydrogen-bond acceptors (Lipinski definition) is 3. The van der Waals surface area contributed by atoms with E-state index in [0.29, 0.717) is 0 Å². The summed E-state index contributed by atoms with van der Waals surface area (Å²) < 4.78 is 5.47. The molecule has 1 aromatic carbocycles. The predicted octanol–water partition coefficient (Wildman–Crippen LogP) is 3.62. The third-order valence-corrected chi connectivity index (χ3v) is 4.60. The molecule has 116 valence electrons. The minimum absolute atomic E-state index is 0.0349. The zero-order chi connectivity index (χ0) is 15.6. The Morgan fingerprint density at radius 1 is 1.00 bits per heavy atom. The summed E-state index contributed by atoms with van der Waals surface area (Å²) >= 11 is 0. The van der Waals surface area contributed by atoms with Crippen LogP contribution in [-0.4, -0.2) is 36.2 Å². The average Bonchev–Trinajstić information content (AvgIpc) is 2.56. The standard InChI is InChI=1S/C19H24N2O/c1-15-12-17(14-20-13-15)16-4-6-18(7-5-16)19(2,3)21-8-10-22-11-9-21/h4-7,12-14H,8-11H2,1-3H3. The minimum atomic E-state index is 0.0349. The fourth-order valence-electron chi connectivity index (χ4n) is 3.09. The van der Waals surface area contributed by atoms with Crippen molar-refractivity contribution in [2.45, 2.75) is 26.3 Å². The van der Waals surface area contributed by atoms with Crippen LogP contribution in [-0.2, 0) is 10.3 Å². The molecule has 0 spiro atoms. The molecule has 0 bridgehead atoms. The first-order valence-electron chi connectivity index (χ1n) is 7.93. The Kier molecular flexibility index (Phi) is 4.27. The number of rotatable bonds is 3. The lowest BCUT2D eigenvalue weighted by atomic mass is 9.90. The van der Waals surface area contributed by atoms with Gasteiger partial charge in [0.2, 0.25) is 0 Å². The van der Waals surface area contributed by atoms with Gasteiger partial charge in [0.1, 0.15) is 0 Å². The summed E-state index contributed by atoms with van der Waals surface area (Å²) in [6, 6.07) is 11.1. The fourth-order valence-corrected chi connectivity index (χ4v) is 3.09. The summed E-state index contributed by atoms with van der Waals surface area (Å²) in [5.41, 5.74) is 4.97. The van der Waals surface area contributed by atoms with Gasteiger partial charge in [-0.15, -0.1) is 0 Å². The second-order valence-electron chi connectivity index (χ2n) is 6.49. The van der Waals surface area contributed by atoms with E-state index in [2.05, 4.69) is 61.0 Å². The molecule has 1 saturated heterocycles. The number of pyridine rings is 1. The van der Waals surface area contributed by atoms with E-state index in [4.69, 9.17) is 4.74 Å². The molecule has 0 atom stereocenters. The quantitative estimate of drug-likeness (QED) is 0.865. The molecule has 1 fully saturated rings. The van der Waals surface area contributed by atoms with Gasteiger partial charge in [-0.05, 0) is 43.5 Å². The van der Waals surface area contributed by atoms with E-state index in [1.165, 1.54) is 22.3 Å². The van der Waals surface area contributed by atoms with Crippen molar-refractivity contribution in [3.63, 3.8) is 0 Å². The molecule has 0 unspecified atom stereocenters. The minimum Gasteiger partial charge on any atom is -0.379 e. The van der Waals surface area contributed by atoms with Crippen LogP contribution in [0.5, 0.6) is 0 Å². The molecule has 0 aliphatic carbocycles. The average molecular weight is 296 g/mol. The Hall–Kier alpha value is -1.71. The fraction of sp³-hybridized carbons (Fsp3) is 0.421. The second kappa shape index (κ2) is 6.19. The Morgan fingerprint density at radius 3 is 2.32 bits per heavy atom. The summed E-state index contributed by atoms with van der Waals surface area (Å²) in [7, 11) is 0. The summed E-state index contributed by atoms with van der Waals surface area (Å²) in [4.78, 5) is 6.78. The van der Waals surface area contributed by atoms with Crippen molar-refractivity contribution in [1.29, 1.82) is 0 Å². The summed E-state index contributed by atoms with van der Waals surface area (Å²) in [5, 5.41) is 0. The van der Waals surface area contributed by atoms with Crippen LogP contribution in [0.15, 0.2) is 42.7 Å². The van der Waals surface area contributed by atoms with Crippen LogP contribution in [0.25, 0.3) is 11.1 Å². The highest BCUT2D eigenvalue weighted by Gasteiger charge is 2.29. The van der Waals surface area contributed by atoms with Crippen molar-refractivity contribution in [1.82, 2.24) is 9.88 Å². The highest BCUT2D eigenvalue weighted by atomic mass is 16.5. The lowest BCUT2D eigenvalue weighted by Crippen LogP contribution is -2.47. The molecule has 0 N–H and O–H groups in total. The molecule has 0 saturated carbocycles. The van der Waals surface area contributed by atoms with Crippen molar-refractivity contribution in [3.05, 3.63) is 53.9 Å². The first-order chi connectivity index (χ1) is 10.6. The van der Waals surface area contributed by atoms with Gasteiger partial charge in [-0.25, -0.2) is 0 Å². The predicted molar refractivity (Wildman–Crippen MR) is 89.8 cm³/mol. The molecule has 1 aliphatic rings. The van der Waals surface area contributed by atoms with Gasteiger partial charge in [0, 0.05) is 36.6 Å². The van der Waals surface area contributed by atoms with Crippen LogP contribution >= 0.6 is 0 Å². The number of aryl methyl sites for hydroxylation is 1. The van der Waals surface area contributed by atoms with Crippen LogP contribution < -0.4 is 0 Å². The van der Waals surface area contributed by atoms with E-state index in [9.17, 15) is 0 Å². The zero-order valence-electron chi connectivity index (χ0n) is 13.7. The van der Waals surface area contributed by atoms with E-state index in [1.807, 2.05) is 12.4 Å². The number of morpholine rings is 1. The monoisotopic (exact) mass is 296 g/mol. The first-order valence-corrected chi connectivity index (χ1v) is 7.93. The van der Waals surface area contributed by atoms with Crippen LogP contribution in [0.4, 0.5) is 0 Å². The maximum absolute atomic E-state index is 5.47. The van der Waals surface area contributed by atoms with Crippen molar-refractivity contribution in [2.24, 2.45) is 0 Å². The van der Waals surface area contributed by atoms with Gasteiger partial charge in [0.15, 0.2) is 0 Å². The lowest BCUT2D eigenvalue weighted by molar-refractivity contribution is -0.0118. The van der Waals surface area contributed by atoms with Gasteiger partial charge in [-0.2, -0.15) is 0 Å². The second-order valence-corrected chi connectivity index (χ2v) is 6.49. The number of ether oxygens (including phenoxy) is 1. The SMILES string of the molecule is Cc1cncc(-c2ccc(C(C)(C)N3CCOCC3)cc2)c1. The van der Waals surface area contributed by atoms with Gasteiger partial charge >= 0.3 is 0 Å². The number of nitrogens with zero attached hydrogens (tertiary/aromatic N) is 2. The molecule has 2 heterocycles. The van der Waals surface area contributed by atoms with Gasteiger partial charge in [-0.1, -0.05) is 24.3 Å². The molecule has 2 aromatic rings. The maximum Gasteiger partial charge on any atom is 0.0594 e. The third kappa shape index (κ3) is 3.06. The molecule has 0 radical (unpaired) electrons. The van der Waals surface area contributed by atoms with Crippen molar-refractivity contribution < 1.29 is 4.74 Å². The molecule has 3 rings (SSSR count). The van der Waals surface area contributed by atoms with Crippen LogP contribution in [0.2, 0.25) is 0 Å². The van der Waals surface area contributed by atoms with E-state index in [1.54, 1.807) is 0 Å². The van der Waals surface area contributed by atoms with Gasteiger partial charge in [0.05, 0.1) is 13.2 Å². The molecule has 3 nitrogen and oxygen atoms in total. The largest absolute Gasteiger partial charge is 0.379 e. The topological polar surface area (TPSA) is 25.4 Å². The first kappa shape index (κ1) is 15.2. The number of benzene rings is 1. The van der Waals surface area contributed by atoms with Crippen LogP contribution in [0.3, 0.4) is 0 Å². The molecule has 3 heteroatoms. The smallest absolute Gasteiger partial charge is 0.0594 e. The molecule has 1 aromatic heterocycles. The number of aromatic nitrogens is 1. The summed E-state index contributed by atoms with van der Waals surface area (Å²) in [6.45, 7) is 10.3. The van der Waals surface area contributed by atoms with Gasteiger partial charge in [0.25, 0.3) is 0 Å². The van der Waals surface area contributed by atoms with Gasteiger partial charge in [-0.3, -0.25) is 9.88 Å². The van der Waals surface area contributed by atoms with Crippen molar-refractivity contribution >= 4 is 0 Å². The molecule has 0 amide bonds. The van der Waals surface area contributed by atoms with Gasteiger partial charge < -0.3 is 4.74 Å². The highest BCUT2D eigenvalue weighted by Crippen LogP contribution is 2.30.